The fraction of sp³-hybridized carbons (Fsp3) is 0.412. The lowest BCUT2D eigenvalue weighted by Gasteiger charge is -2.27. The van der Waals surface area contributed by atoms with Crippen LogP contribution in [0.5, 0.6) is 0 Å². The van der Waals surface area contributed by atoms with E-state index in [9.17, 15) is 9.59 Å². The first-order valence-corrected chi connectivity index (χ1v) is 6.91. The Bertz CT molecular complexity index is 588. The highest BCUT2D eigenvalue weighted by atomic mass is 16.1. The van der Waals surface area contributed by atoms with Crippen LogP contribution in [0, 0.1) is 0 Å². The fourth-order valence-electron chi connectivity index (χ4n) is 2.83. The summed E-state index contributed by atoms with van der Waals surface area (Å²) in [5.41, 5.74) is 1.42. The quantitative estimate of drug-likeness (QED) is 0.586. The topological polar surface area (TPSA) is 58.9 Å². The predicted molar refractivity (Wildman–Crippen MR) is 81.4 cm³/mol. The van der Waals surface area contributed by atoms with E-state index in [0.717, 1.165) is 6.42 Å². The average molecular weight is 282 g/mol. The minimum absolute atomic E-state index is 0.499. The molecule has 0 aromatic heterocycles. The number of aliphatic imine (C=N–C) groups is 2. The summed E-state index contributed by atoms with van der Waals surface area (Å²) in [6, 6.07) is 0. The summed E-state index contributed by atoms with van der Waals surface area (Å²) >= 11 is 0. The molecule has 0 radical (unpaired) electrons. The Labute approximate surface area is 124 Å². The van der Waals surface area contributed by atoms with Gasteiger partial charge in [-0.2, -0.15) is 9.98 Å². The molecule has 0 aliphatic heterocycles. The number of allylic oxidation sites excluding steroid dienone is 4. The Kier molecular flexibility index (Phi) is 4.32. The van der Waals surface area contributed by atoms with Crippen molar-refractivity contribution in [2.45, 2.75) is 44.2 Å². The Balaban J connectivity index is 2.10. The maximum absolute atomic E-state index is 10.5. The molecule has 2 rings (SSSR count). The second-order valence-corrected chi connectivity index (χ2v) is 6.02. The van der Waals surface area contributed by atoms with Crippen molar-refractivity contribution in [3.8, 4) is 0 Å². The van der Waals surface area contributed by atoms with E-state index in [2.05, 4.69) is 22.1 Å². The number of nitrogens with zero attached hydrogens (tertiary/aromatic N) is 2. The van der Waals surface area contributed by atoms with Gasteiger partial charge in [0.2, 0.25) is 12.2 Å². The summed E-state index contributed by atoms with van der Waals surface area (Å²) in [6.07, 6.45) is 17.3. The molecule has 0 N–H and O–H groups in total. The molecule has 0 amide bonds. The molecule has 0 spiro atoms. The van der Waals surface area contributed by atoms with Crippen LogP contribution in [0.15, 0.2) is 57.6 Å². The zero-order chi connectivity index (χ0) is 15.3. The third-order valence-corrected chi connectivity index (χ3v) is 3.80. The molecule has 2 aliphatic carbocycles. The van der Waals surface area contributed by atoms with E-state index in [1.165, 1.54) is 11.1 Å². The van der Waals surface area contributed by atoms with Gasteiger partial charge in [-0.05, 0) is 33.1 Å². The second kappa shape index (κ2) is 6.01. The van der Waals surface area contributed by atoms with Crippen LogP contribution in [0.1, 0.15) is 33.1 Å². The Hall–Kier alpha value is -2.28. The van der Waals surface area contributed by atoms with E-state index in [1.807, 2.05) is 38.2 Å². The standard InChI is InChI=1S/C17H18N2O2/c1-16(18-12-20)7-3-5-14(10-16)9-15-6-4-8-17(2,11-15)19-13-21/h3-8H,9-11H2,1-2H3. The maximum atomic E-state index is 10.5. The van der Waals surface area contributed by atoms with Crippen molar-refractivity contribution in [1.82, 2.24) is 0 Å². The van der Waals surface area contributed by atoms with E-state index in [0.29, 0.717) is 12.8 Å². The van der Waals surface area contributed by atoms with Gasteiger partial charge in [0.25, 0.3) is 0 Å². The van der Waals surface area contributed by atoms with Crippen LogP contribution in [0.3, 0.4) is 0 Å². The Morgan fingerprint density at radius 1 is 0.952 bits per heavy atom. The molecule has 4 nitrogen and oxygen atoms in total. The van der Waals surface area contributed by atoms with Crippen molar-refractivity contribution in [3.63, 3.8) is 0 Å². The molecule has 0 saturated carbocycles. The number of rotatable bonds is 4. The summed E-state index contributed by atoms with van der Waals surface area (Å²) in [7, 11) is 0. The van der Waals surface area contributed by atoms with Crippen LogP contribution in [0.25, 0.3) is 0 Å². The van der Waals surface area contributed by atoms with Gasteiger partial charge in [0.1, 0.15) is 0 Å². The Morgan fingerprint density at radius 2 is 1.38 bits per heavy atom. The van der Waals surface area contributed by atoms with Gasteiger partial charge < -0.3 is 0 Å². The lowest BCUT2D eigenvalue weighted by atomic mass is 9.82. The van der Waals surface area contributed by atoms with Crippen molar-refractivity contribution in [1.29, 1.82) is 0 Å². The minimum atomic E-state index is -0.499. The molecule has 2 atom stereocenters. The van der Waals surface area contributed by atoms with Crippen molar-refractivity contribution in [3.05, 3.63) is 47.6 Å². The third-order valence-electron chi connectivity index (χ3n) is 3.80. The lowest BCUT2D eigenvalue weighted by Crippen LogP contribution is -2.23. The first-order valence-electron chi connectivity index (χ1n) is 6.91. The predicted octanol–water partition coefficient (Wildman–Crippen LogP) is 3.34. The van der Waals surface area contributed by atoms with Gasteiger partial charge in [0, 0.05) is 0 Å². The van der Waals surface area contributed by atoms with Gasteiger partial charge in [-0.3, -0.25) is 0 Å². The summed E-state index contributed by atoms with van der Waals surface area (Å²) in [6.45, 7) is 3.83. The normalized spacial score (nSPS) is 30.8. The molecular formula is C17H18N2O2. The van der Waals surface area contributed by atoms with Crippen LogP contribution < -0.4 is 0 Å². The molecule has 0 bridgehead atoms. The molecule has 0 aromatic rings. The zero-order valence-electron chi connectivity index (χ0n) is 12.3. The number of carbonyl (C=O) groups excluding carboxylic acids is 2. The van der Waals surface area contributed by atoms with Crippen LogP contribution in [0.4, 0.5) is 0 Å². The molecule has 21 heavy (non-hydrogen) atoms. The molecule has 4 heteroatoms. The highest BCUT2D eigenvalue weighted by molar-refractivity contribution is 5.41. The number of hydrogen-bond donors (Lipinski definition) is 0. The Morgan fingerprint density at radius 3 is 1.76 bits per heavy atom. The fourth-order valence-corrected chi connectivity index (χ4v) is 2.83. The van der Waals surface area contributed by atoms with Gasteiger partial charge in [-0.15, -0.1) is 0 Å². The summed E-state index contributed by atoms with van der Waals surface area (Å²) in [5.74, 6) is 0. The van der Waals surface area contributed by atoms with Gasteiger partial charge >= 0.3 is 0 Å². The number of hydrogen-bond acceptors (Lipinski definition) is 4. The van der Waals surface area contributed by atoms with Crippen LogP contribution in [-0.4, -0.2) is 23.2 Å². The highest BCUT2D eigenvalue weighted by Gasteiger charge is 2.27. The monoisotopic (exact) mass is 282 g/mol. The first kappa shape index (κ1) is 15.1. The molecule has 0 aromatic carbocycles. The van der Waals surface area contributed by atoms with Crippen LogP contribution >= 0.6 is 0 Å². The first-order chi connectivity index (χ1) is 9.99. The summed E-state index contributed by atoms with van der Waals surface area (Å²) in [5, 5.41) is 0. The zero-order valence-corrected chi connectivity index (χ0v) is 12.3. The number of isocyanates is 2. The summed E-state index contributed by atoms with van der Waals surface area (Å²) < 4.78 is 0. The van der Waals surface area contributed by atoms with Crippen molar-refractivity contribution in [2.24, 2.45) is 9.98 Å². The minimum Gasteiger partial charge on any atom is -0.211 e. The van der Waals surface area contributed by atoms with Crippen molar-refractivity contribution in [2.75, 3.05) is 0 Å². The van der Waals surface area contributed by atoms with Crippen molar-refractivity contribution >= 4 is 12.2 Å². The van der Waals surface area contributed by atoms with E-state index in [-0.39, 0.29) is 0 Å². The molecule has 108 valence electrons. The molecule has 0 saturated heterocycles. The largest absolute Gasteiger partial charge is 0.235 e. The molecule has 0 heterocycles. The SMILES string of the molecule is CC1(N=C=O)C=CC=C(CC2=CC=CC(C)(N=C=O)C2)C1. The van der Waals surface area contributed by atoms with E-state index < -0.39 is 11.1 Å². The van der Waals surface area contributed by atoms with E-state index in [1.54, 1.807) is 12.2 Å². The third kappa shape index (κ3) is 3.85. The molecule has 2 aliphatic rings. The molecule has 2 unspecified atom stereocenters. The lowest BCUT2D eigenvalue weighted by molar-refractivity contribution is 0.521. The maximum Gasteiger partial charge on any atom is 0.235 e. The van der Waals surface area contributed by atoms with Gasteiger partial charge in [0.15, 0.2) is 0 Å². The average Bonchev–Trinajstić information content (AvgIpc) is 2.38. The van der Waals surface area contributed by atoms with E-state index >= 15 is 0 Å². The molecule has 0 fully saturated rings. The van der Waals surface area contributed by atoms with Crippen LogP contribution in [-0.2, 0) is 9.59 Å². The van der Waals surface area contributed by atoms with Gasteiger partial charge in [-0.25, -0.2) is 9.59 Å². The van der Waals surface area contributed by atoms with Crippen LogP contribution in [0.2, 0.25) is 0 Å². The smallest absolute Gasteiger partial charge is 0.211 e. The van der Waals surface area contributed by atoms with Gasteiger partial charge in [0.05, 0.1) is 11.1 Å². The van der Waals surface area contributed by atoms with E-state index in [4.69, 9.17) is 0 Å². The second-order valence-electron chi connectivity index (χ2n) is 6.02. The van der Waals surface area contributed by atoms with Crippen molar-refractivity contribution < 1.29 is 9.59 Å². The highest BCUT2D eigenvalue weighted by Crippen LogP contribution is 2.34. The summed E-state index contributed by atoms with van der Waals surface area (Å²) in [4.78, 5) is 28.8. The molecular weight excluding hydrogens is 264 g/mol. The van der Waals surface area contributed by atoms with Gasteiger partial charge in [-0.1, -0.05) is 47.6 Å².